The Labute approximate surface area is 148 Å². The van der Waals surface area contributed by atoms with E-state index in [1.807, 2.05) is 0 Å². The van der Waals surface area contributed by atoms with Gasteiger partial charge in [0, 0.05) is 25.8 Å². The minimum Gasteiger partial charge on any atom is -0.496 e. The first kappa shape index (κ1) is 19.9. The second kappa shape index (κ2) is 8.62. The average molecular weight is 363 g/mol. The molecule has 5 nitrogen and oxygen atoms in total. The van der Waals surface area contributed by atoms with Gasteiger partial charge in [0.2, 0.25) is 0 Å². The molecule has 1 fully saturated rings. The maximum Gasteiger partial charge on any atom is 0.257 e. The van der Waals surface area contributed by atoms with Gasteiger partial charge in [-0.25, -0.2) is 0 Å². The highest BCUT2D eigenvalue weighted by Gasteiger charge is 2.29. The van der Waals surface area contributed by atoms with E-state index in [0.717, 1.165) is 6.42 Å². The van der Waals surface area contributed by atoms with Gasteiger partial charge >= 0.3 is 0 Å². The minimum atomic E-state index is -0.102. The highest BCUT2D eigenvalue weighted by Crippen LogP contribution is 2.30. The number of carbonyl (C=O) groups excluding carboxylic acids is 1. The van der Waals surface area contributed by atoms with Gasteiger partial charge in [0.05, 0.1) is 29.5 Å². The normalized spacial score (nSPS) is 17.3. The van der Waals surface area contributed by atoms with E-state index in [1.165, 1.54) is 7.11 Å². The van der Waals surface area contributed by atoms with Crippen LogP contribution in [0.25, 0.3) is 0 Å². The van der Waals surface area contributed by atoms with Crippen LogP contribution in [0.3, 0.4) is 0 Å². The van der Waals surface area contributed by atoms with E-state index >= 15 is 0 Å². The van der Waals surface area contributed by atoms with E-state index < -0.39 is 0 Å². The largest absolute Gasteiger partial charge is 0.496 e. The monoisotopic (exact) mass is 362 g/mol. The fourth-order valence-corrected chi connectivity index (χ4v) is 2.62. The molecule has 2 N–H and O–H groups in total. The molecular weight excluding hydrogens is 339 g/mol. The summed E-state index contributed by atoms with van der Waals surface area (Å²) in [6, 6.07) is 3.15. The van der Waals surface area contributed by atoms with Crippen molar-refractivity contribution in [1.82, 2.24) is 4.90 Å². The van der Waals surface area contributed by atoms with E-state index in [0.29, 0.717) is 47.6 Å². The molecule has 0 radical (unpaired) electrons. The third kappa shape index (κ3) is 4.90. The first-order valence-corrected chi connectivity index (χ1v) is 7.84. The van der Waals surface area contributed by atoms with Gasteiger partial charge in [-0.05, 0) is 18.4 Å². The average Bonchev–Trinajstić information content (AvgIpc) is 2.95. The van der Waals surface area contributed by atoms with E-state index in [4.69, 9.17) is 26.8 Å². The van der Waals surface area contributed by atoms with E-state index in [1.54, 1.807) is 17.0 Å². The number of carbonyl (C=O) groups is 1. The van der Waals surface area contributed by atoms with Crippen LogP contribution in [-0.2, 0) is 4.74 Å². The summed E-state index contributed by atoms with van der Waals surface area (Å²) in [5.41, 5.74) is 6.59. The van der Waals surface area contributed by atoms with Crippen molar-refractivity contribution in [3.05, 3.63) is 22.7 Å². The van der Waals surface area contributed by atoms with Gasteiger partial charge in [-0.1, -0.05) is 25.4 Å². The number of amides is 1. The second-order valence-corrected chi connectivity index (χ2v) is 6.37. The number of likely N-dealkylation sites (tertiary alicyclic amines) is 1. The maximum absolute atomic E-state index is 12.7. The smallest absolute Gasteiger partial charge is 0.257 e. The van der Waals surface area contributed by atoms with Gasteiger partial charge in [0.25, 0.3) is 5.91 Å². The van der Waals surface area contributed by atoms with Crippen LogP contribution >= 0.6 is 24.0 Å². The van der Waals surface area contributed by atoms with Gasteiger partial charge in [0.15, 0.2) is 0 Å². The maximum atomic E-state index is 12.7. The van der Waals surface area contributed by atoms with E-state index in [9.17, 15) is 4.79 Å². The summed E-state index contributed by atoms with van der Waals surface area (Å²) in [6.07, 6.45) is 0.949. The number of benzene rings is 1. The zero-order chi connectivity index (χ0) is 16.3. The molecule has 1 aliphatic rings. The predicted molar refractivity (Wildman–Crippen MR) is 94.8 cm³/mol. The van der Waals surface area contributed by atoms with Crippen LogP contribution < -0.4 is 10.5 Å². The molecule has 0 aliphatic carbocycles. The number of nitrogens with two attached hydrogens (primary N) is 1. The van der Waals surface area contributed by atoms with Gasteiger partial charge in [-0.15, -0.1) is 12.4 Å². The van der Waals surface area contributed by atoms with Gasteiger partial charge in [-0.2, -0.15) is 0 Å². The Morgan fingerprint density at radius 3 is 2.78 bits per heavy atom. The van der Waals surface area contributed by atoms with Crippen molar-refractivity contribution in [3.63, 3.8) is 0 Å². The van der Waals surface area contributed by atoms with Crippen LogP contribution in [0.1, 0.15) is 30.6 Å². The van der Waals surface area contributed by atoms with E-state index in [2.05, 4.69) is 13.8 Å². The lowest BCUT2D eigenvalue weighted by atomic mass is 10.1. The molecule has 1 aliphatic heterocycles. The molecule has 23 heavy (non-hydrogen) atoms. The highest BCUT2D eigenvalue weighted by atomic mass is 35.5. The number of methoxy groups -OCH3 is 1. The molecule has 2 rings (SSSR count). The number of nitrogen functional groups attached to an aromatic ring is 1. The second-order valence-electron chi connectivity index (χ2n) is 5.96. The van der Waals surface area contributed by atoms with Crippen LogP contribution in [0.5, 0.6) is 5.75 Å². The lowest BCUT2D eigenvalue weighted by molar-refractivity contribution is 0.0396. The molecule has 1 amide bonds. The quantitative estimate of drug-likeness (QED) is 0.816. The number of halogens is 2. The SMILES string of the molecule is COc1cc(N)c(Cl)cc1C(=O)N1CCC(OCC(C)C)C1.Cl. The first-order valence-electron chi connectivity index (χ1n) is 7.46. The number of anilines is 1. The van der Waals surface area contributed by atoms with Crippen molar-refractivity contribution >= 4 is 35.6 Å². The Bertz CT molecular complexity index is 552. The molecule has 0 spiro atoms. The van der Waals surface area contributed by atoms with Gasteiger partial charge < -0.3 is 20.1 Å². The van der Waals surface area contributed by atoms with Crippen LogP contribution in [0.4, 0.5) is 5.69 Å². The third-order valence-corrected chi connectivity index (χ3v) is 3.97. The number of nitrogens with zero attached hydrogens (tertiary/aromatic N) is 1. The molecule has 1 saturated heterocycles. The number of rotatable bonds is 5. The molecule has 7 heteroatoms. The lowest BCUT2D eigenvalue weighted by Crippen LogP contribution is -2.30. The van der Waals surface area contributed by atoms with Crippen molar-refractivity contribution in [2.24, 2.45) is 5.92 Å². The summed E-state index contributed by atoms with van der Waals surface area (Å²) in [7, 11) is 1.51. The Balaban J connectivity index is 0.00000264. The molecular formula is C16H24Cl2N2O3. The van der Waals surface area contributed by atoms with Crippen LogP contribution in [0.2, 0.25) is 5.02 Å². The molecule has 0 saturated carbocycles. The number of hydrogen-bond donors (Lipinski definition) is 1. The molecule has 1 aromatic rings. The van der Waals surface area contributed by atoms with Crippen LogP contribution in [0, 0.1) is 5.92 Å². The Kier molecular flexibility index (Phi) is 7.45. The van der Waals surface area contributed by atoms with Crippen molar-refractivity contribution in [1.29, 1.82) is 0 Å². The molecule has 0 bridgehead atoms. The zero-order valence-electron chi connectivity index (χ0n) is 13.7. The van der Waals surface area contributed by atoms with Crippen molar-refractivity contribution in [3.8, 4) is 5.75 Å². The Hall–Kier alpha value is -1.17. The highest BCUT2D eigenvalue weighted by molar-refractivity contribution is 6.33. The van der Waals surface area contributed by atoms with Crippen molar-refractivity contribution in [2.45, 2.75) is 26.4 Å². The summed E-state index contributed by atoms with van der Waals surface area (Å²) in [5, 5.41) is 0.357. The third-order valence-electron chi connectivity index (χ3n) is 3.65. The molecule has 1 aromatic carbocycles. The molecule has 130 valence electrons. The van der Waals surface area contributed by atoms with Crippen molar-refractivity contribution in [2.75, 3.05) is 32.5 Å². The molecule has 0 aromatic heterocycles. The summed E-state index contributed by atoms with van der Waals surface area (Å²) >= 11 is 6.03. The summed E-state index contributed by atoms with van der Waals surface area (Å²) in [5.74, 6) is 0.827. The van der Waals surface area contributed by atoms with Crippen LogP contribution in [0.15, 0.2) is 12.1 Å². The summed E-state index contributed by atoms with van der Waals surface area (Å²) in [4.78, 5) is 14.4. The summed E-state index contributed by atoms with van der Waals surface area (Å²) in [6.45, 7) is 6.20. The van der Waals surface area contributed by atoms with E-state index in [-0.39, 0.29) is 24.4 Å². The minimum absolute atomic E-state index is 0. The topological polar surface area (TPSA) is 64.8 Å². The standard InChI is InChI=1S/C16H23ClN2O3.ClH/c1-10(2)9-22-11-4-5-19(8-11)16(20)12-6-13(17)14(18)7-15(12)21-3;/h6-7,10-11H,4-5,8-9,18H2,1-3H3;1H. The van der Waals surface area contributed by atoms with Gasteiger partial charge in [0.1, 0.15) is 5.75 Å². The molecule has 1 unspecified atom stereocenters. The first-order chi connectivity index (χ1) is 10.4. The lowest BCUT2D eigenvalue weighted by Gasteiger charge is -2.19. The fraction of sp³-hybridized carbons (Fsp3) is 0.562. The molecule has 1 heterocycles. The van der Waals surface area contributed by atoms with Gasteiger partial charge in [-0.3, -0.25) is 4.79 Å². The predicted octanol–water partition coefficient (Wildman–Crippen LogP) is 3.24. The fourth-order valence-electron chi connectivity index (χ4n) is 2.45. The van der Waals surface area contributed by atoms with Crippen molar-refractivity contribution < 1.29 is 14.3 Å². The van der Waals surface area contributed by atoms with Crippen LogP contribution in [-0.4, -0.2) is 43.7 Å². The Morgan fingerprint density at radius 1 is 1.48 bits per heavy atom. The number of hydrogen-bond acceptors (Lipinski definition) is 4. The molecule has 1 atom stereocenters. The summed E-state index contributed by atoms with van der Waals surface area (Å²) < 4.78 is 11.1. The Morgan fingerprint density at radius 2 is 2.17 bits per heavy atom. The number of ether oxygens (including phenoxy) is 2. The zero-order valence-corrected chi connectivity index (χ0v) is 15.2.